The Morgan fingerprint density at radius 3 is 2.27 bits per heavy atom. The lowest BCUT2D eigenvalue weighted by Gasteiger charge is -2.50. The van der Waals surface area contributed by atoms with Crippen molar-refractivity contribution in [3.8, 4) is 5.75 Å². The van der Waals surface area contributed by atoms with Crippen molar-refractivity contribution >= 4 is 59.6 Å². The van der Waals surface area contributed by atoms with Crippen LogP contribution in [0.3, 0.4) is 0 Å². The summed E-state index contributed by atoms with van der Waals surface area (Å²) in [5.74, 6) is -9.78. The zero-order valence-corrected chi connectivity index (χ0v) is 23.7. The van der Waals surface area contributed by atoms with Crippen molar-refractivity contribution in [2.45, 2.75) is 24.5 Å². The summed E-state index contributed by atoms with van der Waals surface area (Å²) in [5, 5.41) is 46.8. The average Bonchev–Trinajstić information content (AvgIpc) is 2.78. The molecule has 12 nitrogen and oxygen atoms in total. The Morgan fingerprint density at radius 2 is 1.75 bits per heavy atom. The number of rotatable bonds is 5. The van der Waals surface area contributed by atoms with Crippen molar-refractivity contribution in [3.05, 3.63) is 39.9 Å². The molecule has 1 saturated carbocycles. The van der Waals surface area contributed by atoms with Gasteiger partial charge in [-0.25, -0.2) is 4.39 Å². The van der Waals surface area contributed by atoms with Crippen molar-refractivity contribution in [2.75, 3.05) is 40.1 Å². The summed E-state index contributed by atoms with van der Waals surface area (Å²) < 4.78 is 15.2. The van der Waals surface area contributed by atoms with E-state index in [0.717, 1.165) is 6.07 Å². The zero-order chi connectivity index (χ0) is 28.4. The van der Waals surface area contributed by atoms with Crippen molar-refractivity contribution in [2.24, 2.45) is 17.6 Å². The van der Waals surface area contributed by atoms with Crippen LogP contribution in [-0.2, 0) is 25.6 Å². The van der Waals surface area contributed by atoms with Crippen molar-refractivity contribution < 1.29 is 44.0 Å². The highest BCUT2D eigenvalue weighted by molar-refractivity contribution is 6.24. The number of aromatic hydroxyl groups is 1. The molecule has 1 fully saturated rings. The minimum Gasteiger partial charge on any atom is -0.508 e. The number of nitrogens with one attached hydrogen (secondary N) is 1. The van der Waals surface area contributed by atoms with Gasteiger partial charge in [-0.1, -0.05) is 0 Å². The molecule has 0 radical (unpaired) electrons. The lowest BCUT2D eigenvalue weighted by atomic mass is 9.57. The van der Waals surface area contributed by atoms with Crippen LogP contribution in [-0.4, -0.2) is 100.0 Å². The number of ketones is 2. The number of carbonyl (C=O) groups is 4. The smallest absolute Gasteiger partial charge is 0.255 e. The highest BCUT2D eigenvalue weighted by Gasteiger charge is 2.64. The predicted molar refractivity (Wildman–Crippen MR) is 146 cm³/mol. The third-order valence-corrected chi connectivity index (χ3v) is 7.40. The van der Waals surface area contributed by atoms with Gasteiger partial charge in [-0.05, 0) is 47.0 Å². The van der Waals surface area contributed by atoms with E-state index >= 15 is 4.39 Å². The van der Waals surface area contributed by atoms with Crippen LogP contribution in [0.2, 0.25) is 0 Å². The average molecular weight is 605 g/mol. The minimum atomic E-state index is -2.80. The van der Waals surface area contributed by atoms with Gasteiger partial charge < -0.3 is 36.4 Å². The molecule has 0 bridgehead atoms. The minimum absolute atomic E-state index is 0. The van der Waals surface area contributed by atoms with Crippen LogP contribution >= 0.6 is 24.8 Å². The third kappa shape index (κ3) is 4.81. The van der Waals surface area contributed by atoms with E-state index in [0.29, 0.717) is 0 Å². The number of fused-ring (bicyclic) bond motifs is 3. The monoisotopic (exact) mass is 604 g/mol. The third-order valence-electron chi connectivity index (χ3n) is 7.40. The van der Waals surface area contributed by atoms with Crippen LogP contribution in [0.15, 0.2) is 23.0 Å². The van der Waals surface area contributed by atoms with Gasteiger partial charge in [-0.2, -0.15) is 0 Å². The molecule has 4 rings (SSSR count). The number of hydrogen-bond donors (Lipinski definition) is 6. The fraction of sp³-hybridized carbons (Fsp3) is 0.440. The number of amides is 2. The fourth-order valence-corrected chi connectivity index (χ4v) is 5.84. The maximum atomic E-state index is 15.2. The number of phenolic OH excluding ortho intramolecular Hbond substituents is 1. The van der Waals surface area contributed by atoms with Gasteiger partial charge in [0.05, 0.1) is 23.8 Å². The summed E-state index contributed by atoms with van der Waals surface area (Å²) in [4.78, 5) is 54.0. The molecule has 3 aliphatic rings. The second kappa shape index (κ2) is 11.3. The molecule has 1 aromatic carbocycles. The first kappa shape index (κ1) is 33.0. The van der Waals surface area contributed by atoms with Crippen LogP contribution in [0.4, 0.5) is 10.1 Å². The van der Waals surface area contributed by atoms with E-state index in [2.05, 4.69) is 5.32 Å². The molecule has 40 heavy (non-hydrogen) atoms. The second-order valence-corrected chi connectivity index (χ2v) is 10.4. The molecule has 7 N–H and O–H groups in total. The molecule has 1 aromatic rings. The molecule has 0 unspecified atom stereocenters. The Labute approximate surface area is 241 Å². The first-order chi connectivity index (χ1) is 17.6. The van der Waals surface area contributed by atoms with Gasteiger partial charge in [0.15, 0.2) is 17.1 Å². The molecule has 0 saturated heterocycles. The molecule has 3 aliphatic carbocycles. The number of aliphatic hydroxyl groups is 3. The van der Waals surface area contributed by atoms with Gasteiger partial charge in [0.25, 0.3) is 5.91 Å². The van der Waals surface area contributed by atoms with Crippen LogP contribution in [0.25, 0.3) is 5.76 Å². The number of phenols is 1. The van der Waals surface area contributed by atoms with E-state index in [-0.39, 0.29) is 55.5 Å². The first-order valence-corrected chi connectivity index (χ1v) is 11.8. The Hall–Kier alpha value is -3.23. The standard InChI is InChI=1S/C25H29FN4O8.2ClH/c1-29(2)8-14(31)28-13-7-12(26)10-5-9-6-11-18(30(3)4)21(34)17(24(27)37)23(36)25(11,38)22(35)15(9)20(33)16(10)19(13)32;;/h7,9,11,18,32-33,36,38H,5-6,8H2,1-4H3,(H2,27,37)(H,28,31);2*1H/t9-,11-,18-,25-;;/m0../s1. The van der Waals surface area contributed by atoms with E-state index in [9.17, 15) is 39.6 Å². The van der Waals surface area contributed by atoms with E-state index in [1.165, 1.54) is 19.0 Å². The first-order valence-electron chi connectivity index (χ1n) is 11.8. The Morgan fingerprint density at radius 1 is 1.15 bits per heavy atom. The molecule has 2 amide bonds. The Kier molecular flexibility index (Phi) is 9.34. The van der Waals surface area contributed by atoms with E-state index in [4.69, 9.17) is 5.73 Å². The second-order valence-electron chi connectivity index (χ2n) is 10.4. The highest BCUT2D eigenvalue weighted by Crippen LogP contribution is 2.53. The van der Waals surface area contributed by atoms with Gasteiger partial charge in [0.2, 0.25) is 11.7 Å². The SMILES string of the molecule is CN(C)CC(=O)Nc1cc(F)c2c(c1O)C(O)=C1C(=O)[C@]3(O)C(O)=C(C(N)=O)C(=O)[C@@H](N(C)C)[C@@H]3C[C@@H]1C2.Cl.Cl. The molecule has 220 valence electrons. The lowest BCUT2D eigenvalue weighted by molar-refractivity contribution is -0.153. The van der Waals surface area contributed by atoms with Crippen LogP contribution in [0, 0.1) is 17.7 Å². The summed E-state index contributed by atoms with van der Waals surface area (Å²) in [7, 11) is 6.22. The Bertz CT molecular complexity index is 1360. The van der Waals surface area contributed by atoms with Gasteiger partial charge in [-0.15, -0.1) is 24.8 Å². The molecular formula is C25H31Cl2FN4O8. The number of carbonyl (C=O) groups excluding carboxylic acids is 4. The van der Waals surface area contributed by atoms with Crippen LogP contribution in [0.5, 0.6) is 5.75 Å². The number of Topliss-reactive ketones (excluding diaryl/α,β-unsaturated/α-hetero) is 2. The van der Waals surface area contributed by atoms with Crippen LogP contribution in [0.1, 0.15) is 17.5 Å². The summed E-state index contributed by atoms with van der Waals surface area (Å²) in [6, 6.07) is -0.332. The van der Waals surface area contributed by atoms with Gasteiger partial charge in [-0.3, -0.25) is 24.1 Å². The maximum Gasteiger partial charge on any atom is 0.255 e. The number of likely N-dealkylation sites (N-methyl/N-ethyl adjacent to an activating group) is 2. The fourth-order valence-electron chi connectivity index (χ4n) is 5.84. The summed E-state index contributed by atoms with van der Waals surface area (Å²) in [6.45, 7) is -0.0836. The van der Waals surface area contributed by atoms with Crippen LogP contribution < -0.4 is 11.1 Å². The number of hydrogen-bond acceptors (Lipinski definition) is 10. The highest BCUT2D eigenvalue weighted by atomic mass is 35.5. The number of halogens is 3. The Balaban J connectivity index is 0.00000280. The molecule has 15 heteroatoms. The largest absolute Gasteiger partial charge is 0.508 e. The van der Waals surface area contributed by atoms with E-state index < -0.39 is 86.7 Å². The zero-order valence-electron chi connectivity index (χ0n) is 22.0. The molecular weight excluding hydrogens is 574 g/mol. The number of anilines is 1. The molecule has 0 spiro atoms. The number of benzene rings is 1. The number of primary amides is 1. The molecule has 0 aromatic heterocycles. The molecule has 0 heterocycles. The summed E-state index contributed by atoms with van der Waals surface area (Å²) in [6.07, 6.45) is -0.354. The van der Waals surface area contributed by atoms with E-state index in [1.54, 1.807) is 19.0 Å². The summed E-state index contributed by atoms with van der Waals surface area (Å²) in [5.41, 5.74) is 0.248. The maximum absolute atomic E-state index is 15.2. The van der Waals surface area contributed by atoms with Crippen molar-refractivity contribution in [1.29, 1.82) is 0 Å². The molecule has 0 aliphatic heterocycles. The van der Waals surface area contributed by atoms with Crippen molar-refractivity contribution in [1.82, 2.24) is 9.80 Å². The van der Waals surface area contributed by atoms with Gasteiger partial charge >= 0.3 is 0 Å². The normalized spacial score (nSPS) is 25.6. The topological polar surface area (TPSA) is 194 Å². The van der Waals surface area contributed by atoms with Crippen molar-refractivity contribution in [3.63, 3.8) is 0 Å². The lowest BCUT2D eigenvalue weighted by Crippen LogP contribution is -2.65. The summed E-state index contributed by atoms with van der Waals surface area (Å²) >= 11 is 0. The van der Waals surface area contributed by atoms with Gasteiger partial charge in [0.1, 0.15) is 22.9 Å². The van der Waals surface area contributed by atoms with E-state index in [1.807, 2.05) is 0 Å². The number of aliphatic hydroxyl groups excluding tert-OH is 2. The van der Waals surface area contributed by atoms with Gasteiger partial charge in [0, 0.05) is 23.1 Å². The number of nitrogens with two attached hydrogens (primary N) is 1. The molecule has 4 atom stereocenters. The quantitative estimate of drug-likeness (QED) is 0.203. The number of nitrogens with zero attached hydrogens (tertiary/aromatic N) is 2. The predicted octanol–water partition coefficient (Wildman–Crippen LogP) is 0.447.